The molecule has 1 aromatic heterocycles. The van der Waals surface area contributed by atoms with Crippen LogP contribution in [0.5, 0.6) is 5.75 Å². The second-order valence-electron chi connectivity index (χ2n) is 7.87. The monoisotopic (exact) mass is 413 g/mol. The SMILES string of the molecule is CC(C)(C)OC(=O)N1CC2(C1)Oc1cc(C(F)(F)F)ccc1-c1nc(N)sc12. The Hall–Kier alpha value is -2.49. The number of rotatable bonds is 0. The van der Waals surface area contributed by atoms with Crippen LogP contribution in [0.15, 0.2) is 18.2 Å². The number of alkyl halides is 3. The molecule has 0 bridgehead atoms. The third-order valence-corrected chi connectivity index (χ3v) is 5.54. The number of amides is 1. The summed E-state index contributed by atoms with van der Waals surface area (Å²) in [7, 11) is 0. The minimum absolute atomic E-state index is 0.0801. The number of nitrogens with zero attached hydrogens (tertiary/aromatic N) is 2. The molecule has 1 amide bonds. The van der Waals surface area contributed by atoms with Crippen LogP contribution in [0.1, 0.15) is 31.2 Å². The fourth-order valence-electron chi connectivity index (χ4n) is 3.30. The number of benzene rings is 1. The summed E-state index contributed by atoms with van der Waals surface area (Å²) >= 11 is 1.21. The highest BCUT2D eigenvalue weighted by atomic mass is 32.1. The molecule has 4 rings (SSSR count). The van der Waals surface area contributed by atoms with Crippen LogP contribution in [0.3, 0.4) is 0 Å². The zero-order valence-electron chi connectivity index (χ0n) is 15.4. The summed E-state index contributed by atoms with van der Waals surface area (Å²) in [6, 6.07) is 3.30. The molecule has 150 valence electrons. The van der Waals surface area contributed by atoms with E-state index >= 15 is 0 Å². The molecule has 0 atom stereocenters. The summed E-state index contributed by atoms with van der Waals surface area (Å²) in [6.07, 6.45) is -5.00. The third-order valence-electron chi connectivity index (χ3n) is 4.47. The maximum Gasteiger partial charge on any atom is 0.416 e. The number of aromatic nitrogens is 1. The van der Waals surface area contributed by atoms with Crippen molar-refractivity contribution in [2.24, 2.45) is 0 Å². The average molecular weight is 413 g/mol. The van der Waals surface area contributed by atoms with E-state index in [0.717, 1.165) is 12.1 Å². The first kappa shape index (κ1) is 18.9. The Labute approximate surface area is 163 Å². The lowest BCUT2D eigenvalue weighted by atomic mass is 9.87. The Bertz CT molecular complexity index is 959. The second-order valence-corrected chi connectivity index (χ2v) is 8.90. The van der Waals surface area contributed by atoms with Crippen molar-refractivity contribution in [2.75, 3.05) is 18.8 Å². The number of anilines is 1. The number of fused-ring (bicyclic) bond motifs is 4. The zero-order chi connectivity index (χ0) is 20.5. The average Bonchev–Trinajstić information content (AvgIpc) is 2.90. The molecule has 1 saturated heterocycles. The highest BCUT2D eigenvalue weighted by molar-refractivity contribution is 7.16. The summed E-state index contributed by atoms with van der Waals surface area (Å²) in [5.41, 5.74) is 4.38. The van der Waals surface area contributed by atoms with Gasteiger partial charge in [-0.3, -0.25) is 4.90 Å². The van der Waals surface area contributed by atoms with Gasteiger partial charge in [0.1, 0.15) is 11.4 Å². The summed E-state index contributed by atoms with van der Waals surface area (Å²) in [5, 5.41) is 0.288. The number of carbonyl (C=O) groups is 1. The fraction of sp³-hybridized carbons (Fsp3) is 0.444. The first-order chi connectivity index (χ1) is 12.9. The molecule has 0 radical (unpaired) electrons. The number of ether oxygens (including phenoxy) is 2. The summed E-state index contributed by atoms with van der Waals surface area (Å²) in [4.78, 5) is 18.7. The van der Waals surface area contributed by atoms with E-state index in [2.05, 4.69) is 4.98 Å². The number of likely N-dealkylation sites (tertiary alicyclic amines) is 1. The van der Waals surface area contributed by atoms with Crippen LogP contribution in [-0.4, -0.2) is 34.7 Å². The third kappa shape index (κ3) is 3.05. The molecule has 2 aliphatic heterocycles. The van der Waals surface area contributed by atoms with Crippen LogP contribution in [0.2, 0.25) is 0 Å². The largest absolute Gasteiger partial charge is 0.477 e. The van der Waals surface area contributed by atoms with Gasteiger partial charge in [0.25, 0.3) is 0 Å². The predicted molar refractivity (Wildman–Crippen MR) is 97.1 cm³/mol. The second kappa shape index (κ2) is 5.76. The molecule has 2 aliphatic rings. The topological polar surface area (TPSA) is 77.7 Å². The number of thiazole rings is 1. The van der Waals surface area contributed by atoms with Gasteiger partial charge in [0.05, 0.1) is 29.2 Å². The van der Waals surface area contributed by atoms with Crippen molar-refractivity contribution in [1.29, 1.82) is 0 Å². The molecule has 3 heterocycles. The number of nitrogen functional groups attached to an aromatic ring is 1. The van der Waals surface area contributed by atoms with E-state index < -0.39 is 29.0 Å². The molecule has 1 spiro atoms. The van der Waals surface area contributed by atoms with Crippen molar-refractivity contribution in [3.05, 3.63) is 28.6 Å². The van der Waals surface area contributed by atoms with Crippen molar-refractivity contribution in [1.82, 2.24) is 9.88 Å². The van der Waals surface area contributed by atoms with E-state index in [9.17, 15) is 18.0 Å². The molecule has 1 fully saturated rings. The van der Waals surface area contributed by atoms with Crippen LogP contribution in [0, 0.1) is 0 Å². The highest BCUT2D eigenvalue weighted by Crippen LogP contribution is 2.52. The lowest BCUT2D eigenvalue weighted by Crippen LogP contribution is -2.65. The molecule has 2 N–H and O–H groups in total. The van der Waals surface area contributed by atoms with Gasteiger partial charge in [0, 0.05) is 5.56 Å². The van der Waals surface area contributed by atoms with Gasteiger partial charge in [-0.15, -0.1) is 0 Å². The molecule has 0 unspecified atom stereocenters. The molecule has 10 heteroatoms. The quantitative estimate of drug-likeness (QED) is 0.699. The van der Waals surface area contributed by atoms with E-state index in [1.807, 2.05) is 0 Å². The molecule has 28 heavy (non-hydrogen) atoms. The minimum atomic E-state index is -4.49. The maximum atomic E-state index is 13.1. The fourth-order valence-corrected chi connectivity index (χ4v) is 4.25. The van der Waals surface area contributed by atoms with Crippen molar-refractivity contribution < 1.29 is 27.4 Å². The molecule has 0 saturated carbocycles. The van der Waals surface area contributed by atoms with Gasteiger partial charge in [0.15, 0.2) is 10.7 Å². The van der Waals surface area contributed by atoms with E-state index in [0.29, 0.717) is 16.1 Å². The van der Waals surface area contributed by atoms with Crippen molar-refractivity contribution >= 4 is 22.6 Å². The molecular weight excluding hydrogens is 395 g/mol. The Kier molecular flexibility index (Phi) is 3.88. The Morgan fingerprint density at radius 1 is 1.32 bits per heavy atom. The smallest absolute Gasteiger partial charge is 0.416 e. The minimum Gasteiger partial charge on any atom is -0.477 e. The predicted octanol–water partition coefficient (Wildman–Crippen LogP) is 4.25. The number of halogens is 3. The van der Waals surface area contributed by atoms with Crippen LogP contribution in [-0.2, 0) is 16.5 Å². The van der Waals surface area contributed by atoms with E-state index in [4.69, 9.17) is 15.2 Å². The van der Waals surface area contributed by atoms with Gasteiger partial charge in [0.2, 0.25) is 0 Å². The van der Waals surface area contributed by atoms with Gasteiger partial charge < -0.3 is 15.2 Å². The van der Waals surface area contributed by atoms with Gasteiger partial charge >= 0.3 is 12.3 Å². The van der Waals surface area contributed by atoms with Gasteiger partial charge in [-0.05, 0) is 39.0 Å². The first-order valence-electron chi connectivity index (χ1n) is 8.53. The van der Waals surface area contributed by atoms with E-state index in [-0.39, 0.29) is 24.0 Å². The van der Waals surface area contributed by atoms with Gasteiger partial charge in [-0.25, -0.2) is 9.78 Å². The van der Waals surface area contributed by atoms with Crippen LogP contribution < -0.4 is 10.5 Å². The molecule has 0 aliphatic carbocycles. The van der Waals surface area contributed by atoms with E-state index in [1.165, 1.54) is 22.3 Å². The molecule has 2 aromatic rings. The highest BCUT2D eigenvalue weighted by Gasteiger charge is 2.55. The zero-order valence-corrected chi connectivity index (χ0v) is 16.2. The number of hydrogen-bond donors (Lipinski definition) is 1. The Morgan fingerprint density at radius 2 is 2.00 bits per heavy atom. The van der Waals surface area contributed by atoms with E-state index in [1.54, 1.807) is 20.8 Å². The van der Waals surface area contributed by atoms with Gasteiger partial charge in [-0.2, -0.15) is 13.2 Å². The normalized spacial score (nSPS) is 17.4. The molecule has 1 aromatic carbocycles. The summed E-state index contributed by atoms with van der Waals surface area (Å²) < 4.78 is 50.7. The number of carbonyl (C=O) groups excluding carboxylic acids is 1. The molecular formula is C18H18F3N3O3S. The number of nitrogens with two attached hydrogens (primary N) is 1. The number of hydrogen-bond acceptors (Lipinski definition) is 6. The standard InChI is InChI=1S/C18H18F3N3O3S/c1-16(2,3)27-15(25)24-7-17(8-24)13-12(23-14(22)28-13)10-5-4-9(18(19,20)21)6-11(10)26-17/h4-6H,7-8H2,1-3H3,(H2,22,23). The summed E-state index contributed by atoms with van der Waals surface area (Å²) in [5.74, 6) is 0.0801. The van der Waals surface area contributed by atoms with Gasteiger partial charge in [-0.1, -0.05) is 11.3 Å². The maximum absolute atomic E-state index is 13.1. The van der Waals surface area contributed by atoms with Crippen LogP contribution >= 0.6 is 11.3 Å². The first-order valence-corrected chi connectivity index (χ1v) is 9.35. The lowest BCUT2D eigenvalue weighted by molar-refractivity contribution is -0.138. The molecule has 6 nitrogen and oxygen atoms in total. The van der Waals surface area contributed by atoms with Crippen molar-refractivity contribution in [3.8, 4) is 17.0 Å². The Balaban J connectivity index is 1.68. The van der Waals surface area contributed by atoms with Crippen LogP contribution in [0.25, 0.3) is 11.3 Å². The Morgan fingerprint density at radius 3 is 2.61 bits per heavy atom. The van der Waals surface area contributed by atoms with Crippen LogP contribution in [0.4, 0.5) is 23.1 Å². The summed E-state index contributed by atoms with van der Waals surface area (Å²) in [6.45, 7) is 5.57. The lowest BCUT2D eigenvalue weighted by Gasteiger charge is -2.50. The van der Waals surface area contributed by atoms with Crippen molar-refractivity contribution in [3.63, 3.8) is 0 Å². The van der Waals surface area contributed by atoms with Crippen molar-refractivity contribution in [2.45, 2.75) is 38.1 Å².